The molecule has 1 amide bonds. The van der Waals surface area contributed by atoms with Gasteiger partial charge in [-0.3, -0.25) is 9.69 Å². The summed E-state index contributed by atoms with van der Waals surface area (Å²) in [5.74, 6) is 0.824. The Hall–Kier alpha value is -1.71. The molecule has 28 heavy (non-hydrogen) atoms. The van der Waals surface area contributed by atoms with Crippen molar-refractivity contribution in [3.8, 4) is 0 Å². The predicted octanol–water partition coefficient (Wildman–Crippen LogP) is 1.20. The van der Waals surface area contributed by atoms with E-state index in [-0.39, 0.29) is 16.8 Å². The maximum Gasteiger partial charge on any atom is 0.242 e. The van der Waals surface area contributed by atoms with Gasteiger partial charge in [-0.05, 0) is 31.4 Å². The molecule has 158 valence electrons. The fraction of sp³-hybridized carbons (Fsp3) is 0.684. The molecule has 8 nitrogen and oxygen atoms in total. The van der Waals surface area contributed by atoms with Crippen molar-refractivity contribution in [2.75, 3.05) is 44.2 Å². The number of aromatic nitrogens is 1. The number of piperazine rings is 1. The van der Waals surface area contributed by atoms with Crippen LogP contribution in [0.3, 0.4) is 0 Å². The van der Waals surface area contributed by atoms with Crippen LogP contribution < -0.4 is 14.9 Å². The second-order valence-electron chi connectivity index (χ2n) is 7.10. The van der Waals surface area contributed by atoms with Crippen LogP contribution in [0.1, 0.15) is 40.0 Å². The van der Waals surface area contributed by atoms with Crippen molar-refractivity contribution >= 4 is 21.7 Å². The van der Waals surface area contributed by atoms with Gasteiger partial charge >= 0.3 is 0 Å². The van der Waals surface area contributed by atoms with Crippen LogP contribution in [0.2, 0.25) is 0 Å². The number of amides is 1. The molecule has 2 rings (SSSR count). The quantitative estimate of drug-likeness (QED) is 0.601. The van der Waals surface area contributed by atoms with Gasteiger partial charge in [0, 0.05) is 45.0 Å². The van der Waals surface area contributed by atoms with E-state index in [4.69, 9.17) is 0 Å². The Labute approximate surface area is 168 Å². The van der Waals surface area contributed by atoms with Gasteiger partial charge in [0.15, 0.2) is 0 Å². The largest absolute Gasteiger partial charge is 0.355 e. The van der Waals surface area contributed by atoms with E-state index in [2.05, 4.69) is 24.8 Å². The molecular weight excluding hydrogens is 378 g/mol. The number of anilines is 1. The molecule has 2 N–H and O–H groups in total. The number of rotatable bonds is 10. The highest BCUT2D eigenvalue weighted by atomic mass is 32.2. The Balaban J connectivity index is 1.90. The fourth-order valence-electron chi connectivity index (χ4n) is 3.12. The van der Waals surface area contributed by atoms with Gasteiger partial charge in [0.25, 0.3) is 0 Å². The molecule has 0 saturated carbocycles. The molecule has 1 aromatic rings. The third-order valence-corrected chi connectivity index (χ3v) is 6.48. The molecule has 0 aliphatic carbocycles. The highest BCUT2D eigenvalue weighted by Gasteiger charge is 2.22. The van der Waals surface area contributed by atoms with Crippen LogP contribution in [0.5, 0.6) is 0 Å². The molecule has 0 unspecified atom stereocenters. The van der Waals surface area contributed by atoms with Gasteiger partial charge in [0.05, 0.1) is 6.54 Å². The zero-order chi connectivity index (χ0) is 20.6. The van der Waals surface area contributed by atoms with Crippen LogP contribution in [-0.2, 0) is 14.8 Å². The summed E-state index contributed by atoms with van der Waals surface area (Å²) in [6.07, 6.45) is 3.86. The van der Waals surface area contributed by atoms with E-state index in [1.54, 1.807) is 12.1 Å². The SMILES string of the molecule is CCCNC(=O)CN1CCN(c2ccc(S(=O)(=O)NC(CC)CC)cn2)CC1. The highest BCUT2D eigenvalue weighted by molar-refractivity contribution is 7.89. The van der Waals surface area contributed by atoms with Crippen LogP contribution >= 0.6 is 0 Å². The standard InChI is InChI=1S/C19H33N5O3S/c1-4-9-20-19(25)15-23-10-12-24(13-11-23)18-8-7-17(14-21-18)28(26,27)22-16(5-2)6-3/h7-8,14,16,22H,4-6,9-13,15H2,1-3H3,(H,20,25). The molecule has 0 atom stereocenters. The van der Waals surface area contributed by atoms with Gasteiger partial charge in [0.2, 0.25) is 15.9 Å². The normalized spacial score (nSPS) is 15.8. The lowest BCUT2D eigenvalue weighted by molar-refractivity contribution is -0.122. The van der Waals surface area contributed by atoms with E-state index in [9.17, 15) is 13.2 Å². The molecule has 1 aromatic heterocycles. The van der Waals surface area contributed by atoms with Crippen molar-refractivity contribution in [2.24, 2.45) is 0 Å². The number of carbonyl (C=O) groups is 1. The van der Waals surface area contributed by atoms with Crippen molar-refractivity contribution < 1.29 is 13.2 Å². The molecule has 1 fully saturated rings. The Bertz CT molecular complexity index is 712. The second kappa shape index (κ2) is 10.7. The third kappa shape index (κ3) is 6.42. The van der Waals surface area contributed by atoms with Crippen LogP contribution in [0.4, 0.5) is 5.82 Å². The van der Waals surface area contributed by atoms with E-state index in [1.807, 2.05) is 20.8 Å². The van der Waals surface area contributed by atoms with Crippen molar-refractivity contribution in [3.63, 3.8) is 0 Å². The third-order valence-electron chi connectivity index (χ3n) is 4.97. The van der Waals surface area contributed by atoms with E-state index in [0.717, 1.165) is 51.3 Å². The zero-order valence-corrected chi connectivity index (χ0v) is 18.0. The molecule has 9 heteroatoms. The number of hydrogen-bond acceptors (Lipinski definition) is 6. The van der Waals surface area contributed by atoms with Crippen LogP contribution in [0, 0.1) is 0 Å². The summed E-state index contributed by atoms with van der Waals surface area (Å²) in [5, 5.41) is 2.90. The molecule has 0 aromatic carbocycles. The highest BCUT2D eigenvalue weighted by Crippen LogP contribution is 2.17. The van der Waals surface area contributed by atoms with Crippen molar-refractivity contribution in [1.29, 1.82) is 0 Å². The lowest BCUT2D eigenvalue weighted by atomic mass is 10.2. The van der Waals surface area contributed by atoms with Gasteiger partial charge in [-0.25, -0.2) is 18.1 Å². The minimum absolute atomic E-state index is 0.0627. The van der Waals surface area contributed by atoms with E-state index in [1.165, 1.54) is 6.20 Å². The summed E-state index contributed by atoms with van der Waals surface area (Å²) >= 11 is 0. The predicted molar refractivity (Wildman–Crippen MR) is 111 cm³/mol. The van der Waals surface area contributed by atoms with Crippen LogP contribution in [-0.4, -0.2) is 69.5 Å². The number of hydrogen-bond donors (Lipinski definition) is 2. The summed E-state index contributed by atoms with van der Waals surface area (Å²) in [6.45, 7) is 10.2. The number of nitrogens with zero attached hydrogens (tertiary/aromatic N) is 3. The van der Waals surface area contributed by atoms with Crippen LogP contribution in [0.15, 0.2) is 23.2 Å². The Morgan fingerprint density at radius 2 is 1.82 bits per heavy atom. The zero-order valence-electron chi connectivity index (χ0n) is 17.1. The molecule has 0 spiro atoms. The van der Waals surface area contributed by atoms with Crippen molar-refractivity contribution in [3.05, 3.63) is 18.3 Å². The molecule has 1 saturated heterocycles. The average molecular weight is 412 g/mol. The minimum atomic E-state index is -3.54. The molecule has 2 heterocycles. The first-order chi connectivity index (χ1) is 13.4. The number of sulfonamides is 1. The molecular formula is C19H33N5O3S. The van der Waals surface area contributed by atoms with Crippen molar-refractivity contribution in [2.45, 2.75) is 51.0 Å². The van der Waals surface area contributed by atoms with Gasteiger partial charge in [-0.1, -0.05) is 20.8 Å². The molecule has 0 radical (unpaired) electrons. The Kier molecular flexibility index (Phi) is 8.65. The summed E-state index contributed by atoms with van der Waals surface area (Å²) < 4.78 is 27.6. The smallest absolute Gasteiger partial charge is 0.242 e. The lowest BCUT2D eigenvalue weighted by Gasteiger charge is -2.35. The summed E-state index contributed by atoms with van der Waals surface area (Å²) in [5.41, 5.74) is 0. The maximum atomic E-state index is 12.5. The molecule has 1 aliphatic rings. The van der Waals surface area contributed by atoms with Gasteiger partial charge < -0.3 is 10.2 Å². The first-order valence-corrected chi connectivity index (χ1v) is 11.6. The number of nitrogens with one attached hydrogen (secondary N) is 2. The summed E-state index contributed by atoms with van der Waals surface area (Å²) in [7, 11) is -3.54. The lowest BCUT2D eigenvalue weighted by Crippen LogP contribution is -2.49. The second-order valence-corrected chi connectivity index (χ2v) is 8.81. The molecule has 0 bridgehead atoms. The maximum absolute atomic E-state index is 12.5. The Morgan fingerprint density at radius 3 is 2.36 bits per heavy atom. The van der Waals surface area contributed by atoms with E-state index < -0.39 is 10.0 Å². The van der Waals surface area contributed by atoms with E-state index in [0.29, 0.717) is 13.1 Å². The van der Waals surface area contributed by atoms with Crippen LogP contribution in [0.25, 0.3) is 0 Å². The number of carbonyl (C=O) groups excluding carboxylic acids is 1. The van der Waals surface area contributed by atoms with Gasteiger partial charge in [-0.2, -0.15) is 0 Å². The van der Waals surface area contributed by atoms with Gasteiger partial charge in [-0.15, -0.1) is 0 Å². The fourth-order valence-corrected chi connectivity index (χ4v) is 4.47. The Morgan fingerprint density at radius 1 is 1.14 bits per heavy atom. The minimum Gasteiger partial charge on any atom is -0.355 e. The van der Waals surface area contributed by atoms with Gasteiger partial charge in [0.1, 0.15) is 10.7 Å². The first kappa shape index (κ1) is 22.6. The summed E-state index contributed by atoms with van der Waals surface area (Å²) in [4.78, 5) is 20.6. The topological polar surface area (TPSA) is 94.6 Å². The average Bonchev–Trinajstić information content (AvgIpc) is 2.71. The first-order valence-electron chi connectivity index (χ1n) is 10.1. The molecule has 1 aliphatic heterocycles. The monoisotopic (exact) mass is 411 g/mol. The van der Waals surface area contributed by atoms with Crippen molar-refractivity contribution in [1.82, 2.24) is 19.9 Å². The van der Waals surface area contributed by atoms with E-state index >= 15 is 0 Å². The number of pyridine rings is 1. The summed E-state index contributed by atoms with van der Waals surface area (Å²) in [6, 6.07) is 3.30.